The summed E-state index contributed by atoms with van der Waals surface area (Å²) in [5, 5.41) is 4.33. The topological polar surface area (TPSA) is 73.1 Å². The van der Waals surface area contributed by atoms with E-state index in [0.29, 0.717) is 33.4 Å². The summed E-state index contributed by atoms with van der Waals surface area (Å²) in [5.74, 6) is 1.15. The lowest BCUT2D eigenvalue weighted by Crippen LogP contribution is -2.17. The minimum Gasteiger partial charge on any atom is -0.493 e. The van der Waals surface area contributed by atoms with Gasteiger partial charge in [-0.25, -0.2) is 5.43 Å². The van der Waals surface area contributed by atoms with Crippen molar-refractivity contribution >= 4 is 23.7 Å². The van der Waals surface area contributed by atoms with Crippen LogP contribution in [0, 0.1) is 6.92 Å². The van der Waals surface area contributed by atoms with E-state index >= 15 is 0 Å². The lowest BCUT2D eigenvalue weighted by molar-refractivity contribution is 0.0953. The van der Waals surface area contributed by atoms with Gasteiger partial charge in [-0.15, -0.1) is 0 Å². The monoisotopic (exact) mass is 350 g/mol. The summed E-state index contributed by atoms with van der Waals surface area (Å²) in [7, 11) is 1.53. The third kappa shape index (κ3) is 4.29. The second-order valence-corrected chi connectivity index (χ2v) is 5.70. The highest BCUT2D eigenvalue weighted by molar-refractivity contribution is 6.32. The summed E-state index contributed by atoms with van der Waals surface area (Å²) in [6, 6.07) is 4.99. The summed E-state index contributed by atoms with van der Waals surface area (Å²) < 4.78 is 16.0. The molecule has 7 heteroatoms. The van der Waals surface area contributed by atoms with Crippen LogP contribution >= 0.6 is 11.6 Å². The Kier molecular flexibility index (Phi) is 5.87. The van der Waals surface area contributed by atoms with Gasteiger partial charge in [0.1, 0.15) is 5.76 Å². The third-order valence-corrected chi connectivity index (χ3v) is 3.37. The molecule has 0 unspecified atom stereocenters. The molecule has 128 valence electrons. The van der Waals surface area contributed by atoms with Crippen LogP contribution in [0.15, 0.2) is 34.0 Å². The minimum absolute atomic E-state index is 0.0339. The van der Waals surface area contributed by atoms with Gasteiger partial charge >= 0.3 is 0 Å². The number of halogens is 1. The summed E-state index contributed by atoms with van der Waals surface area (Å²) in [4.78, 5) is 11.9. The first kappa shape index (κ1) is 17.9. The normalized spacial score (nSPS) is 11.1. The number of benzene rings is 1. The Labute approximate surface area is 145 Å². The van der Waals surface area contributed by atoms with Crippen LogP contribution in [0.1, 0.15) is 35.5 Å². The Morgan fingerprint density at radius 3 is 2.75 bits per heavy atom. The number of aryl methyl sites for hydroxylation is 1. The summed E-state index contributed by atoms with van der Waals surface area (Å²) >= 11 is 6.23. The molecule has 0 radical (unpaired) electrons. The van der Waals surface area contributed by atoms with Crippen LogP contribution in [-0.4, -0.2) is 25.3 Å². The van der Waals surface area contributed by atoms with Gasteiger partial charge in [0, 0.05) is 0 Å². The zero-order valence-electron chi connectivity index (χ0n) is 13.9. The molecule has 0 bridgehead atoms. The molecule has 0 aliphatic carbocycles. The van der Waals surface area contributed by atoms with Crippen LogP contribution in [0.2, 0.25) is 5.02 Å². The number of amides is 1. The van der Waals surface area contributed by atoms with Gasteiger partial charge < -0.3 is 13.9 Å². The fourth-order valence-corrected chi connectivity index (χ4v) is 2.27. The first-order valence-electron chi connectivity index (χ1n) is 7.34. The highest BCUT2D eigenvalue weighted by Crippen LogP contribution is 2.36. The number of ether oxygens (including phenoxy) is 2. The van der Waals surface area contributed by atoms with E-state index in [1.54, 1.807) is 25.1 Å². The largest absolute Gasteiger partial charge is 0.493 e. The number of furan rings is 1. The van der Waals surface area contributed by atoms with Crippen molar-refractivity contribution in [3.8, 4) is 11.5 Å². The molecule has 0 saturated heterocycles. The highest BCUT2D eigenvalue weighted by atomic mass is 35.5. The molecule has 1 aromatic heterocycles. The SMILES string of the molecule is COc1cc(/C=N\NC(=O)c2ccoc2C)cc(Cl)c1OC(C)C. The van der Waals surface area contributed by atoms with E-state index in [1.807, 2.05) is 13.8 Å². The van der Waals surface area contributed by atoms with Crippen LogP contribution in [0.25, 0.3) is 0 Å². The van der Waals surface area contributed by atoms with Gasteiger partial charge in [-0.1, -0.05) is 11.6 Å². The predicted octanol–water partition coefficient (Wildman–Crippen LogP) is 3.80. The number of carbonyl (C=O) groups excluding carboxylic acids is 1. The van der Waals surface area contributed by atoms with E-state index in [4.69, 9.17) is 25.5 Å². The van der Waals surface area contributed by atoms with Crippen molar-refractivity contribution in [3.63, 3.8) is 0 Å². The molecule has 0 spiro atoms. The van der Waals surface area contributed by atoms with Crippen LogP contribution in [0.4, 0.5) is 0 Å². The number of methoxy groups -OCH3 is 1. The van der Waals surface area contributed by atoms with Crippen molar-refractivity contribution < 1.29 is 18.7 Å². The second-order valence-electron chi connectivity index (χ2n) is 5.29. The average Bonchev–Trinajstić information content (AvgIpc) is 2.95. The van der Waals surface area contributed by atoms with Crippen LogP contribution in [0.5, 0.6) is 11.5 Å². The second kappa shape index (κ2) is 7.88. The lowest BCUT2D eigenvalue weighted by Gasteiger charge is -2.15. The fourth-order valence-electron chi connectivity index (χ4n) is 2.01. The van der Waals surface area contributed by atoms with Crippen LogP contribution in [0.3, 0.4) is 0 Å². The summed E-state index contributed by atoms with van der Waals surface area (Å²) in [5.41, 5.74) is 3.53. The molecular formula is C17H19ClN2O4. The Morgan fingerprint density at radius 2 is 2.17 bits per heavy atom. The van der Waals surface area contributed by atoms with Crippen molar-refractivity contribution in [2.24, 2.45) is 5.10 Å². The molecule has 6 nitrogen and oxygen atoms in total. The Bertz CT molecular complexity index is 753. The molecule has 0 aliphatic heterocycles. The van der Waals surface area contributed by atoms with Crippen molar-refractivity contribution in [2.45, 2.75) is 26.9 Å². The maximum atomic E-state index is 11.9. The number of hydrazone groups is 1. The molecule has 1 aromatic carbocycles. The van der Waals surface area contributed by atoms with E-state index in [1.165, 1.54) is 19.6 Å². The fraction of sp³-hybridized carbons (Fsp3) is 0.294. The minimum atomic E-state index is -0.352. The van der Waals surface area contributed by atoms with E-state index in [-0.39, 0.29) is 12.0 Å². The van der Waals surface area contributed by atoms with E-state index < -0.39 is 0 Å². The summed E-state index contributed by atoms with van der Waals surface area (Å²) in [6.45, 7) is 5.51. The van der Waals surface area contributed by atoms with Crippen molar-refractivity contribution in [1.82, 2.24) is 5.43 Å². The molecule has 0 aliphatic rings. The Hall–Kier alpha value is -2.47. The van der Waals surface area contributed by atoms with Gasteiger partial charge in [-0.05, 0) is 44.5 Å². The van der Waals surface area contributed by atoms with Gasteiger partial charge in [0.25, 0.3) is 5.91 Å². The van der Waals surface area contributed by atoms with Crippen molar-refractivity contribution in [1.29, 1.82) is 0 Å². The van der Waals surface area contributed by atoms with Crippen molar-refractivity contribution in [3.05, 3.63) is 46.4 Å². The molecule has 24 heavy (non-hydrogen) atoms. The molecule has 0 atom stereocenters. The van der Waals surface area contributed by atoms with Gasteiger partial charge in [-0.3, -0.25) is 4.79 Å². The average molecular weight is 351 g/mol. The number of hydrogen-bond donors (Lipinski definition) is 1. The number of nitrogens with zero attached hydrogens (tertiary/aromatic N) is 1. The number of rotatable bonds is 6. The molecule has 1 amide bonds. The standard InChI is InChI=1S/C17H19ClN2O4/c1-10(2)24-16-14(18)7-12(8-15(16)22-4)9-19-20-17(21)13-5-6-23-11(13)3/h5-10H,1-4H3,(H,20,21)/b19-9-. The number of nitrogens with one attached hydrogen (secondary N) is 1. The smallest absolute Gasteiger partial charge is 0.274 e. The molecular weight excluding hydrogens is 332 g/mol. The molecule has 1 heterocycles. The number of hydrogen-bond acceptors (Lipinski definition) is 5. The van der Waals surface area contributed by atoms with Gasteiger partial charge in [0.05, 0.1) is 36.3 Å². The molecule has 0 fully saturated rings. The molecule has 1 N–H and O–H groups in total. The zero-order chi connectivity index (χ0) is 17.7. The molecule has 2 aromatic rings. The predicted molar refractivity (Wildman–Crippen MR) is 92.3 cm³/mol. The number of carbonyl (C=O) groups is 1. The Balaban J connectivity index is 2.13. The van der Waals surface area contributed by atoms with Gasteiger partial charge in [0.2, 0.25) is 0 Å². The van der Waals surface area contributed by atoms with E-state index in [9.17, 15) is 4.79 Å². The lowest BCUT2D eigenvalue weighted by atomic mass is 10.2. The first-order chi connectivity index (χ1) is 11.4. The summed E-state index contributed by atoms with van der Waals surface area (Å²) in [6.07, 6.45) is 2.89. The third-order valence-electron chi connectivity index (χ3n) is 3.09. The quantitative estimate of drug-likeness (QED) is 0.635. The van der Waals surface area contributed by atoms with E-state index in [2.05, 4.69) is 10.5 Å². The van der Waals surface area contributed by atoms with Gasteiger partial charge in [0.15, 0.2) is 11.5 Å². The van der Waals surface area contributed by atoms with Crippen LogP contribution in [-0.2, 0) is 0 Å². The maximum absolute atomic E-state index is 11.9. The van der Waals surface area contributed by atoms with Crippen molar-refractivity contribution in [2.75, 3.05) is 7.11 Å². The maximum Gasteiger partial charge on any atom is 0.274 e. The zero-order valence-corrected chi connectivity index (χ0v) is 14.7. The highest BCUT2D eigenvalue weighted by Gasteiger charge is 2.13. The van der Waals surface area contributed by atoms with E-state index in [0.717, 1.165) is 0 Å². The van der Waals surface area contributed by atoms with Crippen LogP contribution < -0.4 is 14.9 Å². The van der Waals surface area contributed by atoms with Gasteiger partial charge in [-0.2, -0.15) is 5.10 Å². The molecule has 2 rings (SSSR count). The Morgan fingerprint density at radius 1 is 1.42 bits per heavy atom. The first-order valence-corrected chi connectivity index (χ1v) is 7.71. The molecule has 0 saturated carbocycles.